The Morgan fingerprint density at radius 2 is 1.88 bits per heavy atom. The Labute approximate surface area is 160 Å². The van der Waals surface area contributed by atoms with E-state index in [9.17, 15) is 4.79 Å². The molecule has 0 bridgehead atoms. The number of aromatic nitrogens is 1. The van der Waals surface area contributed by atoms with Gasteiger partial charge in [0.1, 0.15) is 5.52 Å². The first kappa shape index (κ1) is 18.1. The first-order valence-corrected chi connectivity index (χ1v) is 8.66. The first-order chi connectivity index (χ1) is 11.7. The average molecular weight is 398 g/mol. The smallest absolute Gasteiger partial charge is 0.276 e. The normalized spacial score (nSPS) is 11.8. The number of oxazole rings is 1. The van der Waals surface area contributed by atoms with E-state index in [1.54, 1.807) is 12.1 Å². The molecule has 25 heavy (non-hydrogen) atoms. The van der Waals surface area contributed by atoms with Crippen LogP contribution in [-0.2, 0) is 4.79 Å². The number of amides is 1. The minimum absolute atomic E-state index is 0.478. The van der Waals surface area contributed by atoms with E-state index in [2.05, 4.69) is 10.3 Å². The molecule has 1 aromatic heterocycles. The van der Waals surface area contributed by atoms with Gasteiger partial charge in [0.05, 0.1) is 0 Å². The molecule has 0 aliphatic carbocycles. The van der Waals surface area contributed by atoms with Crippen LogP contribution in [-0.4, -0.2) is 14.7 Å². The molecule has 1 heterocycles. The molecule has 0 unspecified atom stereocenters. The fourth-order valence-corrected chi connectivity index (χ4v) is 2.83. The molecule has 0 fully saturated rings. The van der Waals surface area contributed by atoms with Gasteiger partial charge in [0.15, 0.2) is 5.58 Å². The monoisotopic (exact) mass is 396 g/mol. The molecule has 3 aromatic rings. The van der Waals surface area contributed by atoms with Gasteiger partial charge in [-0.3, -0.25) is 4.79 Å². The van der Waals surface area contributed by atoms with Crippen LogP contribution in [0, 0.1) is 20.8 Å². The Balaban J connectivity index is 2.05. The van der Waals surface area contributed by atoms with Crippen LogP contribution in [0.15, 0.2) is 34.7 Å². The lowest BCUT2D eigenvalue weighted by atomic mass is 10.1. The van der Waals surface area contributed by atoms with Gasteiger partial charge in [-0.1, -0.05) is 46.9 Å². The van der Waals surface area contributed by atoms with Gasteiger partial charge in [-0.2, -0.15) is 0 Å². The van der Waals surface area contributed by atoms with E-state index >= 15 is 0 Å². The third-order valence-electron chi connectivity index (χ3n) is 3.89. The van der Waals surface area contributed by atoms with E-state index in [1.807, 2.05) is 39.0 Å². The number of hydrogen-bond acceptors (Lipinski definition) is 3. The number of benzene rings is 2. The highest BCUT2D eigenvalue weighted by Gasteiger charge is 2.31. The fraction of sp³-hybridized carbons (Fsp3) is 0.222. The zero-order valence-corrected chi connectivity index (χ0v) is 16.1. The fourth-order valence-electron chi connectivity index (χ4n) is 2.69. The van der Waals surface area contributed by atoms with Crippen LogP contribution in [0.3, 0.4) is 0 Å². The number of hydrogen-bond donors (Lipinski definition) is 1. The van der Waals surface area contributed by atoms with Crippen molar-refractivity contribution < 1.29 is 9.21 Å². The van der Waals surface area contributed by atoms with Crippen molar-refractivity contribution in [3.05, 3.63) is 47.0 Å². The lowest BCUT2D eigenvalue weighted by Crippen LogP contribution is -2.27. The number of anilines is 1. The van der Waals surface area contributed by atoms with Crippen molar-refractivity contribution in [3.63, 3.8) is 0 Å². The Morgan fingerprint density at radius 3 is 2.56 bits per heavy atom. The van der Waals surface area contributed by atoms with Crippen molar-refractivity contribution in [2.45, 2.75) is 24.6 Å². The van der Waals surface area contributed by atoms with Crippen molar-refractivity contribution in [1.82, 2.24) is 4.98 Å². The van der Waals surface area contributed by atoms with E-state index in [1.165, 1.54) is 0 Å². The van der Waals surface area contributed by atoms with Gasteiger partial charge >= 0.3 is 0 Å². The molecule has 4 nitrogen and oxygen atoms in total. The standard InChI is InChI=1S/C18H15Cl3N2O2/c1-9-7-10(2)15-14(8-9)22-16(25-15)12-5-4-6-13(11(12)3)23-17(24)18(19,20)21/h4-8H,1-3H3,(H,23,24). The molecule has 1 N–H and O–H groups in total. The van der Waals surface area contributed by atoms with Gasteiger partial charge in [0.2, 0.25) is 5.89 Å². The van der Waals surface area contributed by atoms with Gasteiger partial charge in [-0.15, -0.1) is 0 Å². The van der Waals surface area contributed by atoms with E-state index in [-0.39, 0.29) is 0 Å². The van der Waals surface area contributed by atoms with Crippen molar-refractivity contribution in [2.24, 2.45) is 0 Å². The molecule has 0 saturated heterocycles. The summed E-state index contributed by atoms with van der Waals surface area (Å²) >= 11 is 16.8. The van der Waals surface area contributed by atoms with Crippen LogP contribution in [0.2, 0.25) is 0 Å². The summed E-state index contributed by atoms with van der Waals surface area (Å²) < 4.78 is 3.91. The van der Waals surface area contributed by atoms with Crippen LogP contribution >= 0.6 is 34.8 Å². The summed E-state index contributed by atoms with van der Waals surface area (Å²) in [6.45, 7) is 5.84. The van der Waals surface area contributed by atoms with Crippen LogP contribution in [0.1, 0.15) is 16.7 Å². The lowest BCUT2D eigenvalue weighted by Gasteiger charge is -2.14. The van der Waals surface area contributed by atoms with Crippen LogP contribution in [0.5, 0.6) is 0 Å². The predicted octanol–water partition coefficient (Wildman–Crippen LogP) is 5.73. The lowest BCUT2D eigenvalue weighted by molar-refractivity contribution is -0.115. The number of fused-ring (bicyclic) bond motifs is 1. The summed E-state index contributed by atoms with van der Waals surface area (Å²) in [6, 6.07) is 9.39. The van der Waals surface area contributed by atoms with Gasteiger partial charge in [-0.05, 0) is 55.7 Å². The second kappa shape index (κ2) is 6.52. The number of alkyl halides is 3. The summed E-state index contributed by atoms with van der Waals surface area (Å²) in [7, 11) is 0. The molecule has 7 heteroatoms. The molecular weight excluding hydrogens is 383 g/mol. The highest BCUT2D eigenvalue weighted by Crippen LogP contribution is 2.33. The third kappa shape index (κ3) is 3.61. The Hall–Kier alpha value is -1.75. The molecule has 1 amide bonds. The number of rotatable bonds is 2. The molecule has 0 atom stereocenters. The maximum Gasteiger partial charge on any atom is 0.276 e. The highest BCUT2D eigenvalue weighted by molar-refractivity contribution is 6.76. The molecule has 2 aromatic carbocycles. The van der Waals surface area contributed by atoms with Gasteiger partial charge in [0, 0.05) is 11.3 Å². The Kier molecular flexibility index (Phi) is 4.71. The van der Waals surface area contributed by atoms with E-state index < -0.39 is 9.70 Å². The quantitative estimate of drug-likeness (QED) is 0.562. The second-order valence-corrected chi connectivity index (χ2v) is 8.16. The zero-order valence-electron chi connectivity index (χ0n) is 13.8. The Morgan fingerprint density at radius 1 is 1.16 bits per heavy atom. The summed E-state index contributed by atoms with van der Waals surface area (Å²) in [6.07, 6.45) is 0. The predicted molar refractivity (Wildman–Crippen MR) is 103 cm³/mol. The maximum absolute atomic E-state index is 11.9. The molecule has 0 aliphatic rings. The van der Waals surface area contributed by atoms with Crippen LogP contribution in [0.25, 0.3) is 22.6 Å². The van der Waals surface area contributed by atoms with Crippen molar-refractivity contribution in [2.75, 3.05) is 5.32 Å². The van der Waals surface area contributed by atoms with Crippen LogP contribution in [0.4, 0.5) is 5.69 Å². The molecule has 3 rings (SSSR count). The van der Waals surface area contributed by atoms with Crippen molar-refractivity contribution in [1.29, 1.82) is 0 Å². The second-order valence-electron chi connectivity index (χ2n) is 5.88. The number of aryl methyl sites for hydroxylation is 2. The maximum atomic E-state index is 11.9. The van der Waals surface area contributed by atoms with Crippen molar-refractivity contribution >= 4 is 57.5 Å². The topological polar surface area (TPSA) is 55.1 Å². The van der Waals surface area contributed by atoms with Crippen LogP contribution < -0.4 is 5.32 Å². The average Bonchev–Trinajstić information content (AvgIpc) is 2.92. The minimum Gasteiger partial charge on any atom is -0.436 e. The third-order valence-corrected chi connectivity index (χ3v) is 4.40. The molecule has 0 radical (unpaired) electrons. The Bertz CT molecular complexity index is 974. The molecule has 0 aliphatic heterocycles. The number of carbonyl (C=O) groups excluding carboxylic acids is 1. The zero-order chi connectivity index (χ0) is 18.4. The molecule has 130 valence electrons. The number of carbonyl (C=O) groups is 1. The molecule has 0 spiro atoms. The summed E-state index contributed by atoms with van der Waals surface area (Å²) in [5, 5.41) is 2.61. The first-order valence-electron chi connectivity index (χ1n) is 7.53. The number of nitrogens with one attached hydrogen (secondary N) is 1. The molecular formula is C18H15Cl3N2O2. The van der Waals surface area contributed by atoms with E-state index in [4.69, 9.17) is 39.2 Å². The summed E-state index contributed by atoms with van der Waals surface area (Å²) in [4.78, 5) is 16.5. The van der Waals surface area contributed by atoms with Crippen molar-refractivity contribution in [3.8, 4) is 11.5 Å². The number of halogens is 3. The SMILES string of the molecule is Cc1cc(C)c2oc(-c3cccc(NC(=O)C(Cl)(Cl)Cl)c3C)nc2c1. The summed E-state index contributed by atoms with van der Waals surface area (Å²) in [5.41, 5.74) is 5.74. The van der Waals surface area contributed by atoms with Gasteiger partial charge in [-0.25, -0.2) is 4.98 Å². The summed E-state index contributed by atoms with van der Waals surface area (Å²) in [5.74, 6) is -0.243. The largest absolute Gasteiger partial charge is 0.436 e. The minimum atomic E-state index is -2.03. The van der Waals surface area contributed by atoms with E-state index in [0.717, 1.165) is 33.4 Å². The van der Waals surface area contributed by atoms with E-state index in [0.29, 0.717) is 11.6 Å². The van der Waals surface area contributed by atoms with Gasteiger partial charge in [0.25, 0.3) is 9.70 Å². The van der Waals surface area contributed by atoms with Gasteiger partial charge < -0.3 is 9.73 Å². The highest BCUT2D eigenvalue weighted by atomic mass is 35.6. The number of nitrogens with zero attached hydrogens (tertiary/aromatic N) is 1. The molecule has 0 saturated carbocycles.